The number of hydrogen-bond donors (Lipinski definition) is 1. The van der Waals surface area contributed by atoms with Gasteiger partial charge in [-0.15, -0.1) is 0 Å². The standard InChI is InChI=1S/C16H18N2O2/c1-20-13-6-2-5-12(11-13)15-8-4-10-18(15)16(19)14-7-3-9-17-14/h2-3,5-7,9,11,15,17H,4,8,10H2,1H3. The van der Waals surface area contributed by atoms with Gasteiger partial charge >= 0.3 is 0 Å². The molecule has 3 rings (SSSR count). The molecule has 0 saturated carbocycles. The Morgan fingerprint density at radius 1 is 1.35 bits per heavy atom. The molecule has 4 heteroatoms. The zero-order chi connectivity index (χ0) is 13.9. The van der Waals surface area contributed by atoms with Crippen molar-refractivity contribution in [1.29, 1.82) is 0 Å². The number of carbonyl (C=O) groups is 1. The number of amides is 1. The van der Waals surface area contributed by atoms with Crippen LogP contribution in [0.2, 0.25) is 0 Å². The molecule has 20 heavy (non-hydrogen) atoms. The van der Waals surface area contributed by atoms with E-state index in [9.17, 15) is 4.79 Å². The summed E-state index contributed by atoms with van der Waals surface area (Å²) in [6, 6.07) is 11.8. The molecule has 1 aliphatic rings. The van der Waals surface area contributed by atoms with Crippen molar-refractivity contribution in [3.05, 3.63) is 53.9 Å². The number of carbonyl (C=O) groups excluding carboxylic acids is 1. The third kappa shape index (κ3) is 2.29. The maximum absolute atomic E-state index is 12.5. The number of H-pyrrole nitrogens is 1. The maximum Gasteiger partial charge on any atom is 0.270 e. The molecule has 1 saturated heterocycles. The highest BCUT2D eigenvalue weighted by Crippen LogP contribution is 2.34. The SMILES string of the molecule is COc1cccc(C2CCCN2C(=O)c2ccc[nH]2)c1. The molecule has 1 aromatic carbocycles. The maximum atomic E-state index is 12.5. The molecular weight excluding hydrogens is 252 g/mol. The molecule has 104 valence electrons. The van der Waals surface area contributed by atoms with E-state index < -0.39 is 0 Å². The number of nitrogens with zero attached hydrogens (tertiary/aromatic N) is 1. The Kier molecular flexibility index (Phi) is 3.46. The number of hydrogen-bond acceptors (Lipinski definition) is 2. The summed E-state index contributed by atoms with van der Waals surface area (Å²) in [4.78, 5) is 17.4. The number of rotatable bonds is 3. The van der Waals surface area contributed by atoms with Crippen LogP contribution in [0, 0.1) is 0 Å². The molecule has 4 nitrogen and oxygen atoms in total. The molecule has 2 heterocycles. The van der Waals surface area contributed by atoms with Gasteiger partial charge in [0.1, 0.15) is 11.4 Å². The molecule has 1 fully saturated rings. The molecule has 2 aromatic rings. The molecule has 1 aromatic heterocycles. The van der Waals surface area contributed by atoms with Crippen LogP contribution in [-0.2, 0) is 0 Å². The van der Waals surface area contributed by atoms with Crippen molar-refractivity contribution in [1.82, 2.24) is 9.88 Å². The quantitative estimate of drug-likeness (QED) is 0.932. The van der Waals surface area contributed by atoms with Crippen LogP contribution in [0.15, 0.2) is 42.6 Å². The summed E-state index contributed by atoms with van der Waals surface area (Å²) in [5, 5.41) is 0. The van der Waals surface area contributed by atoms with Crippen molar-refractivity contribution in [2.24, 2.45) is 0 Å². The Bertz CT molecular complexity index is 592. The Balaban J connectivity index is 1.86. The van der Waals surface area contributed by atoms with Crippen molar-refractivity contribution in [2.75, 3.05) is 13.7 Å². The normalized spacial score (nSPS) is 18.2. The summed E-state index contributed by atoms with van der Waals surface area (Å²) in [6.07, 6.45) is 3.82. The largest absolute Gasteiger partial charge is 0.497 e. The van der Waals surface area contributed by atoms with Crippen molar-refractivity contribution in [3.63, 3.8) is 0 Å². The van der Waals surface area contributed by atoms with Crippen LogP contribution in [0.25, 0.3) is 0 Å². The van der Waals surface area contributed by atoms with Gasteiger partial charge in [-0.25, -0.2) is 0 Å². The number of aromatic amines is 1. The summed E-state index contributed by atoms with van der Waals surface area (Å²) < 4.78 is 5.27. The molecule has 0 bridgehead atoms. The molecule has 1 unspecified atom stereocenters. The minimum atomic E-state index is 0.0697. The Labute approximate surface area is 118 Å². The second kappa shape index (κ2) is 5.41. The molecule has 1 atom stereocenters. The van der Waals surface area contributed by atoms with Crippen molar-refractivity contribution in [3.8, 4) is 5.75 Å². The minimum absolute atomic E-state index is 0.0697. The van der Waals surface area contributed by atoms with Gasteiger partial charge < -0.3 is 14.6 Å². The lowest BCUT2D eigenvalue weighted by Crippen LogP contribution is -2.30. The van der Waals surface area contributed by atoms with Gasteiger partial charge in [0.05, 0.1) is 13.2 Å². The van der Waals surface area contributed by atoms with Gasteiger partial charge in [-0.2, -0.15) is 0 Å². The first kappa shape index (κ1) is 12.8. The van der Waals surface area contributed by atoms with Crippen LogP contribution in [0.3, 0.4) is 0 Å². The van der Waals surface area contributed by atoms with Gasteiger partial charge in [0.25, 0.3) is 5.91 Å². The monoisotopic (exact) mass is 270 g/mol. The van der Waals surface area contributed by atoms with E-state index in [4.69, 9.17) is 4.74 Å². The summed E-state index contributed by atoms with van der Waals surface area (Å²) in [5.74, 6) is 0.905. The second-order valence-electron chi connectivity index (χ2n) is 5.02. The smallest absolute Gasteiger partial charge is 0.270 e. The number of ether oxygens (including phenoxy) is 1. The molecule has 1 aliphatic heterocycles. The number of methoxy groups -OCH3 is 1. The predicted molar refractivity (Wildman–Crippen MR) is 76.8 cm³/mol. The van der Waals surface area contributed by atoms with Crippen LogP contribution < -0.4 is 4.74 Å². The summed E-state index contributed by atoms with van der Waals surface area (Å²) >= 11 is 0. The average Bonchev–Trinajstić information content (AvgIpc) is 3.17. The predicted octanol–water partition coefficient (Wildman–Crippen LogP) is 3.00. The van der Waals surface area contributed by atoms with Gasteiger partial charge in [-0.1, -0.05) is 12.1 Å². The summed E-state index contributed by atoms with van der Waals surface area (Å²) in [5.41, 5.74) is 1.79. The highest BCUT2D eigenvalue weighted by atomic mass is 16.5. The van der Waals surface area contributed by atoms with E-state index in [1.807, 2.05) is 35.2 Å². The molecule has 0 aliphatic carbocycles. The Morgan fingerprint density at radius 3 is 3.00 bits per heavy atom. The van der Waals surface area contributed by atoms with E-state index in [0.29, 0.717) is 5.69 Å². The Hall–Kier alpha value is -2.23. The first-order valence-electron chi connectivity index (χ1n) is 6.88. The van der Waals surface area contributed by atoms with Crippen molar-refractivity contribution < 1.29 is 9.53 Å². The number of aromatic nitrogens is 1. The first-order valence-corrected chi connectivity index (χ1v) is 6.88. The van der Waals surface area contributed by atoms with Gasteiger partial charge in [0, 0.05) is 12.7 Å². The molecule has 1 N–H and O–H groups in total. The zero-order valence-corrected chi connectivity index (χ0v) is 11.5. The highest BCUT2D eigenvalue weighted by Gasteiger charge is 2.31. The van der Waals surface area contributed by atoms with E-state index in [0.717, 1.165) is 30.7 Å². The number of benzene rings is 1. The van der Waals surface area contributed by atoms with Gasteiger partial charge in [0.15, 0.2) is 0 Å². The lowest BCUT2D eigenvalue weighted by Gasteiger charge is -2.25. The van der Waals surface area contributed by atoms with Crippen molar-refractivity contribution in [2.45, 2.75) is 18.9 Å². The van der Waals surface area contributed by atoms with E-state index >= 15 is 0 Å². The van der Waals surface area contributed by atoms with Crippen LogP contribution in [0.5, 0.6) is 5.75 Å². The molecule has 0 spiro atoms. The fourth-order valence-electron chi connectivity index (χ4n) is 2.82. The van der Waals surface area contributed by atoms with E-state index in [1.165, 1.54) is 0 Å². The van der Waals surface area contributed by atoms with Gasteiger partial charge in [-0.3, -0.25) is 4.79 Å². The summed E-state index contributed by atoms with van der Waals surface area (Å²) in [6.45, 7) is 0.805. The third-order valence-corrected chi connectivity index (χ3v) is 3.82. The highest BCUT2D eigenvalue weighted by molar-refractivity contribution is 5.92. The lowest BCUT2D eigenvalue weighted by molar-refractivity contribution is 0.0730. The topological polar surface area (TPSA) is 45.3 Å². The summed E-state index contributed by atoms with van der Waals surface area (Å²) in [7, 11) is 1.66. The van der Waals surface area contributed by atoms with Gasteiger partial charge in [-0.05, 0) is 42.7 Å². The minimum Gasteiger partial charge on any atom is -0.497 e. The fourth-order valence-corrected chi connectivity index (χ4v) is 2.82. The zero-order valence-electron chi connectivity index (χ0n) is 11.5. The fraction of sp³-hybridized carbons (Fsp3) is 0.312. The van der Waals surface area contributed by atoms with Crippen LogP contribution >= 0.6 is 0 Å². The molecule has 1 amide bonds. The number of likely N-dealkylation sites (tertiary alicyclic amines) is 1. The second-order valence-corrected chi connectivity index (χ2v) is 5.02. The van der Waals surface area contributed by atoms with Gasteiger partial charge in [0.2, 0.25) is 0 Å². The molecular formula is C16H18N2O2. The lowest BCUT2D eigenvalue weighted by atomic mass is 10.0. The Morgan fingerprint density at radius 2 is 2.25 bits per heavy atom. The van der Waals surface area contributed by atoms with Crippen LogP contribution in [0.1, 0.15) is 34.9 Å². The third-order valence-electron chi connectivity index (χ3n) is 3.82. The van der Waals surface area contributed by atoms with E-state index in [-0.39, 0.29) is 11.9 Å². The van der Waals surface area contributed by atoms with E-state index in [1.54, 1.807) is 13.3 Å². The van der Waals surface area contributed by atoms with E-state index in [2.05, 4.69) is 11.1 Å². The van der Waals surface area contributed by atoms with Crippen LogP contribution in [0.4, 0.5) is 0 Å². The van der Waals surface area contributed by atoms with Crippen LogP contribution in [-0.4, -0.2) is 29.4 Å². The average molecular weight is 270 g/mol. The number of nitrogens with one attached hydrogen (secondary N) is 1. The van der Waals surface area contributed by atoms with Crippen molar-refractivity contribution >= 4 is 5.91 Å². The molecule has 0 radical (unpaired) electrons. The first-order chi connectivity index (χ1) is 9.79.